The van der Waals surface area contributed by atoms with Crippen molar-refractivity contribution in [2.45, 2.75) is 13.3 Å². The maximum atomic E-state index is 2.25. The van der Waals surface area contributed by atoms with Gasteiger partial charge < -0.3 is 0 Å². The van der Waals surface area contributed by atoms with Crippen LogP contribution in [0.25, 0.3) is 152 Å². The first-order valence-electron chi connectivity index (χ1n) is 31.3. The molecule has 0 fully saturated rings. The van der Waals surface area contributed by atoms with Gasteiger partial charge >= 0.3 is 0 Å². The van der Waals surface area contributed by atoms with E-state index in [9.17, 15) is 0 Å². The largest absolute Gasteiger partial charge is 0.0619 e. The minimum Gasteiger partial charge on any atom is -0.0619 e. The molecule has 0 bridgehead atoms. The third kappa shape index (κ3) is 9.86. The average molecular weight is 1140 g/mol. The molecular weight excluding hydrogens is 1080 g/mol. The van der Waals surface area contributed by atoms with Crippen molar-refractivity contribution in [1.82, 2.24) is 0 Å². The number of benzene rings is 19. The number of fused-ring (bicyclic) bond motifs is 11. The molecular formula is C90H62. The zero-order chi connectivity index (χ0) is 59.9. The molecule has 21 rings (SSSR count). The maximum Gasteiger partial charge on any atom is -0.00135 e. The van der Waals surface area contributed by atoms with Crippen LogP contribution in [0.4, 0.5) is 0 Å². The second-order valence-electron chi connectivity index (χ2n) is 23.8. The van der Waals surface area contributed by atoms with Crippen LogP contribution >= 0.6 is 0 Å². The Bertz CT molecular complexity index is 5330. The highest BCUT2D eigenvalue weighted by atomic mass is 14.2. The zero-order valence-corrected chi connectivity index (χ0v) is 50.1. The Morgan fingerprint density at radius 1 is 0.167 bits per heavy atom. The van der Waals surface area contributed by atoms with E-state index in [0.717, 1.165) is 6.42 Å². The van der Waals surface area contributed by atoms with Crippen molar-refractivity contribution in [3.05, 3.63) is 362 Å². The van der Waals surface area contributed by atoms with E-state index in [-0.39, 0.29) is 0 Å². The summed E-state index contributed by atoms with van der Waals surface area (Å²) < 4.78 is 0. The van der Waals surface area contributed by atoms with Gasteiger partial charge in [0.15, 0.2) is 0 Å². The highest BCUT2D eigenvalue weighted by molar-refractivity contribution is 6.33. The molecule has 0 N–H and O–H groups in total. The van der Waals surface area contributed by atoms with E-state index in [2.05, 4.69) is 353 Å². The molecule has 422 valence electrons. The van der Waals surface area contributed by atoms with Gasteiger partial charge in [0.25, 0.3) is 0 Å². The van der Waals surface area contributed by atoms with Crippen LogP contribution in [-0.2, 0) is 6.42 Å². The lowest BCUT2D eigenvalue weighted by atomic mass is 9.90. The Hall–Kier alpha value is -11.4. The molecule has 90 heavy (non-hydrogen) atoms. The van der Waals surface area contributed by atoms with Gasteiger partial charge in [0.1, 0.15) is 0 Å². The third-order valence-electron chi connectivity index (χ3n) is 18.5. The quantitative estimate of drug-likeness (QED) is 0.105. The topological polar surface area (TPSA) is 0 Å². The molecule has 0 nitrogen and oxygen atoms in total. The van der Waals surface area contributed by atoms with Crippen molar-refractivity contribution in [3.8, 4) is 33.4 Å². The summed E-state index contributed by atoms with van der Waals surface area (Å²) in [6.45, 7) is 2.14. The van der Waals surface area contributed by atoms with Crippen molar-refractivity contribution in [2.24, 2.45) is 0 Å². The van der Waals surface area contributed by atoms with Gasteiger partial charge in [-0.15, -0.1) is 0 Å². The lowest BCUT2D eigenvalue weighted by Gasteiger charge is -2.13. The molecule has 0 saturated heterocycles. The average Bonchev–Trinajstić information content (AvgIpc) is 1.12. The van der Waals surface area contributed by atoms with Gasteiger partial charge in [-0.05, 0) is 194 Å². The standard InChI is InChI=1S/C20H12.2C16H10.C14H10.C13H10.C11H10/c1-5-13-6-2-11-17-18-12-4-8-14-7-3-10-16(20(14)18)15(9-1)19(13)17;1-3-11-7-9-13-5-2-6-14-10-8-12(4-1)15(11)16(13)14;1-2-8-13-12(7-1)14-9-3-5-11-6-4-10-15(13)16(11)14;1-2-6-12-10-14-8-4-3-7-13(14)9-11(12)5-1;1-3-7-12-10(5-1)9-11-6-2-4-8-13(11)12;1-9-5-4-7-10-6-2-3-8-11(9)10/h1-12H;2*1-10H;1-10H;1-8H,9H2;2-8H,1H3. The lowest BCUT2D eigenvalue weighted by Crippen LogP contribution is -1.85. The molecule has 0 heterocycles. The van der Waals surface area contributed by atoms with Crippen LogP contribution in [0.3, 0.4) is 0 Å². The van der Waals surface area contributed by atoms with Crippen LogP contribution in [-0.4, -0.2) is 0 Å². The summed E-state index contributed by atoms with van der Waals surface area (Å²) in [5, 5.41) is 29.7. The minimum atomic E-state index is 1.10. The van der Waals surface area contributed by atoms with Crippen molar-refractivity contribution in [2.75, 3.05) is 0 Å². The summed E-state index contributed by atoms with van der Waals surface area (Å²) in [5.41, 5.74) is 12.6. The molecule has 0 atom stereocenters. The smallest absolute Gasteiger partial charge is 0.00135 e. The molecule has 0 radical (unpaired) electrons. The lowest BCUT2D eigenvalue weighted by molar-refractivity contribution is 1.26. The second-order valence-corrected chi connectivity index (χ2v) is 23.8. The van der Waals surface area contributed by atoms with E-state index in [1.807, 2.05) is 0 Å². The Kier molecular flexibility index (Phi) is 14.0. The Balaban J connectivity index is 0.0000000873. The summed E-state index contributed by atoms with van der Waals surface area (Å²) in [4.78, 5) is 0. The number of hydrogen-bond donors (Lipinski definition) is 0. The van der Waals surface area contributed by atoms with E-state index in [4.69, 9.17) is 0 Å². The number of rotatable bonds is 0. The highest BCUT2D eigenvalue weighted by Crippen LogP contribution is 2.47. The molecule has 0 aromatic heterocycles. The third-order valence-corrected chi connectivity index (χ3v) is 18.5. The molecule has 0 amide bonds. The van der Waals surface area contributed by atoms with Crippen LogP contribution in [0.2, 0.25) is 0 Å². The highest BCUT2D eigenvalue weighted by Gasteiger charge is 2.20. The molecule has 0 unspecified atom stereocenters. The number of hydrogen-bond acceptors (Lipinski definition) is 0. The van der Waals surface area contributed by atoms with Gasteiger partial charge in [-0.25, -0.2) is 0 Å². The van der Waals surface area contributed by atoms with Gasteiger partial charge in [0.2, 0.25) is 0 Å². The Morgan fingerprint density at radius 3 is 0.822 bits per heavy atom. The van der Waals surface area contributed by atoms with Crippen molar-refractivity contribution < 1.29 is 0 Å². The fraction of sp³-hybridized carbons (Fsp3) is 0.0222. The first-order chi connectivity index (χ1) is 44.6. The predicted molar refractivity (Wildman–Crippen MR) is 391 cm³/mol. The molecule has 2 aliphatic carbocycles. The van der Waals surface area contributed by atoms with Crippen molar-refractivity contribution >= 4 is 118 Å². The van der Waals surface area contributed by atoms with Gasteiger partial charge in [-0.3, -0.25) is 0 Å². The molecule has 0 aliphatic heterocycles. The summed E-state index contributed by atoms with van der Waals surface area (Å²) >= 11 is 0. The van der Waals surface area contributed by atoms with E-state index in [1.54, 1.807) is 0 Å². The van der Waals surface area contributed by atoms with Crippen molar-refractivity contribution in [1.29, 1.82) is 0 Å². The number of aryl methyl sites for hydroxylation is 1. The molecule has 0 heteroatoms. The minimum absolute atomic E-state index is 1.10. The van der Waals surface area contributed by atoms with E-state index >= 15 is 0 Å². The summed E-state index contributed by atoms with van der Waals surface area (Å²) in [7, 11) is 0. The normalized spacial score (nSPS) is 11.6. The maximum absolute atomic E-state index is 2.25. The van der Waals surface area contributed by atoms with E-state index < -0.39 is 0 Å². The van der Waals surface area contributed by atoms with Crippen LogP contribution in [0.15, 0.2) is 346 Å². The first kappa shape index (κ1) is 54.0. The first-order valence-corrected chi connectivity index (χ1v) is 31.3. The summed E-state index contributed by atoms with van der Waals surface area (Å²) in [6, 6.07) is 124. The Labute approximate surface area is 524 Å². The molecule has 0 saturated carbocycles. The monoisotopic (exact) mass is 1140 g/mol. The Morgan fingerprint density at radius 2 is 0.422 bits per heavy atom. The van der Waals surface area contributed by atoms with Gasteiger partial charge in [-0.1, -0.05) is 334 Å². The summed E-state index contributed by atoms with van der Waals surface area (Å²) in [5.74, 6) is 0. The van der Waals surface area contributed by atoms with Gasteiger partial charge in [-0.2, -0.15) is 0 Å². The van der Waals surface area contributed by atoms with E-state index in [0.29, 0.717) is 0 Å². The van der Waals surface area contributed by atoms with Crippen LogP contribution in [0, 0.1) is 6.92 Å². The van der Waals surface area contributed by atoms with Crippen molar-refractivity contribution in [3.63, 3.8) is 0 Å². The second kappa shape index (κ2) is 23.3. The van der Waals surface area contributed by atoms with Gasteiger partial charge in [0, 0.05) is 0 Å². The molecule has 19 aromatic rings. The SMILES string of the molecule is Cc1cccc2ccccc12.c1cc2ccc3cccc4ccc(c1)c2c34.c1cc2cccc3c4cccc5cccc(c(c1)c23)c54.c1ccc2c(c1)-c1cccc3cccc-2c13.c1ccc2c(c1)Cc1ccccc1-2.c1ccc2cc3ccccc3cc2c1. The van der Waals surface area contributed by atoms with Crippen LogP contribution < -0.4 is 0 Å². The summed E-state index contributed by atoms with van der Waals surface area (Å²) in [6.07, 6.45) is 1.10. The zero-order valence-electron chi connectivity index (χ0n) is 50.1. The molecule has 19 aromatic carbocycles. The van der Waals surface area contributed by atoms with E-state index in [1.165, 1.54) is 169 Å². The predicted octanol–water partition coefficient (Wildman–Crippen LogP) is 25.2. The van der Waals surface area contributed by atoms with Gasteiger partial charge in [0.05, 0.1) is 0 Å². The fourth-order valence-electron chi connectivity index (χ4n) is 14.3. The molecule has 2 aliphatic rings. The fourth-order valence-corrected chi connectivity index (χ4v) is 14.3. The van der Waals surface area contributed by atoms with Crippen LogP contribution in [0.5, 0.6) is 0 Å². The molecule has 0 spiro atoms. The van der Waals surface area contributed by atoms with Crippen LogP contribution in [0.1, 0.15) is 16.7 Å².